The van der Waals surface area contributed by atoms with Crippen LogP contribution in [0.4, 0.5) is 11.4 Å². The van der Waals surface area contributed by atoms with Crippen LogP contribution in [-0.2, 0) is 17.6 Å². The van der Waals surface area contributed by atoms with Gasteiger partial charge in [0, 0.05) is 11.0 Å². The van der Waals surface area contributed by atoms with Crippen molar-refractivity contribution in [2.45, 2.75) is 36.3 Å². The van der Waals surface area contributed by atoms with Gasteiger partial charge in [0.25, 0.3) is 5.69 Å². The van der Waals surface area contributed by atoms with E-state index in [-0.39, 0.29) is 22.5 Å². The number of carbonyl (C=O) groups is 1. The van der Waals surface area contributed by atoms with Crippen molar-refractivity contribution in [3.63, 3.8) is 0 Å². The molecule has 1 N–H and O–H groups in total. The van der Waals surface area contributed by atoms with Crippen molar-refractivity contribution < 1.29 is 9.72 Å². The summed E-state index contributed by atoms with van der Waals surface area (Å²) in [4.78, 5) is 24.0. The molecule has 24 heavy (non-hydrogen) atoms. The van der Waals surface area contributed by atoms with Gasteiger partial charge in [-0.1, -0.05) is 18.2 Å². The molecule has 124 valence electrons. The van der Waals surface area contributed by atoms with Crippen molar-refractivity contribution in [1.82, 2.24) is 0 Å². The summed E-state index contributed by atoms with van der Waals surface area (Å²) in [7, 11) is 0. The van der Waals surface area contributed by atoms with E-state index in [1.54, 1.807) is 18.2 Å². The lowest BCUT2D eigenvalue weighted by atomic mass is 10.1. The fraction of sp³-hybridized carbons (Fsp3) is 0.278. The van der Waals surface area contributed by atoms with Crippen molar-refractivity contribution >= 4 is 29.0 Å². The zero-order chi connectivity index (χ0) is 17.1. The Hall–Kier alpha value is -2.34. The molecular weight excluding hydrogens is 324 g/mol. The molecule has 2 aromatic rings. The standard InChI is InChI=1S/C18H18N2O3S/c1-12(24-15-10-9-13-5-4-6-14(13)11-15)18(21)19-16-7-2-3-8-17(16)20(22)23/h2-3,7-12H,4-6H2,1H3,(H,19,21)/t12-/m0/s1. The highest BCUT2D eigenvalue weighted by Gasteiger charge is 2.20. The number of para-hydroxylation sites is 2. The quantitative estimate of drug-likeness (QED) is 0.502. The molecule has 1 amide bonds. The highest BCUT2D eigenvalue weighted by Crippen LogP contribution is 2.31. The van der Waals surface area contributed by atoms with Crippen LogP contribution in [0.15, 0.2) is 47.4 Å². The molecule has 0 bridgehead atoms. The van der Waals surface area contributed by atoms with Crippen LogP contribution in [-0.4, -0.2) is 16.1 Å². The molecule has 0 aromatic heterocycles. The number of hydrogen-bond acceptors (Lipinski definition) is 4. The average Bonchev–Trinajstić information content (AvgIpc) is 3.02. The van der Waals surface area contributed by atoms with Gasteiger partial charge >= 0.3 is 0 Å². The Labute approximate surface area is 144 Å². The molecule has 3 rings (SSSR count). The summed E-state index contributed by atoms with van der Waals surface area (Å²) in [6.45, 7) is 1.81. The number of nitro groups is 1. The molecular formula is C18H18N2O3S. The predicted molar refractivity (Wildman–Crippen MR) is 95.5 cm³/mol. The summed E-state index contributed by atoms with van der Waals surface area (Å²) in [5, 5.41) is 13.3. The van der Waals surface area contributed by atoms with E-state index < -0.39 is 4.92 Å². The van der Waals surface area contributed by atoms with E-state index in [0.717, 1.165) is 17.7 Å². The van der Waals surface area contributed by atoms with E-state index in [1.807, 2.05) is 13.0 Å². The zero-order valence-electron chi connectivity index (χ0n) is 13.3. The summed E-state index contributed by atoms with van der Waals surface area (Å²) in [6.07, 6.45) is 3.42. The van der Waals surface area contributed by atoms with Crippen LogP contribution in [0.25, 0.3) is 0 Å². The third kappa shape index (κ3) is 3.59. The number of fused-ring (bicyclic) bond motifs is 1. The summed E-state index contributed by atoms with van der Waals surface area (Å²) in [6, 6.07) is 12.5. The first-order valence-corrected chi connectivity index (χ1v) is 8.75. The molecule has 0 radical (unpaired) electrons. The molecule has 0 fully saturated rings. The molecule has 0 heterocycles. The van der Waals surface area contributed by atoms with Gasteiger partial charge in [0.1, 0.15) is 5.69 Å². The summed E-state index contributed by atoms with van der Waals surface area (Å²) in [5.74, 6) is -0.241. The molecule has 0 unspecified atom stereocenters. The number of benzene rings is 2. The second-order valence-corrected chi connectivity index (χ2v) is 7.22. The monoisotopic (exact) mass is 342 g/mol. The number of nitro benzene ring substituents is 1. The normalized spacial score (nSPS) is 14.0. The van der Waals surface area contributed by atoms with Gasteiger partial charge in [0.2, 0.25) is 5.91 Å². The second kappa shape index (κ2) is 7.05. The minimum absolute atomic E-state index is 0.0967. The third-order valence-electron chi connectivity index (χ3n) is 4.11. The number of aryl methyl sites for hydroxylation is 2. The fourth-order valence-electron chi connectivity index (χ4n) is 2.85. The van der Waals surface area contributed by atoms with E-state index in [4.69, 9.17) is 0 Å². The highest BCUT2D eigenvalue weighted by molar-refractivity contribution is 8.00. The minimum atomic E-state index is -0.492. The lowest BCUT2D eigenvalue weighted by Crippen LogP contribution is -2.22. The summed E-state index contributed by atoms with van der Waals surface area (Å²) < 4.78 is 0. The van der Waals surface area contributed by atoms with Crippen LogP contribution in [0.3, 0.4) is 0 Å². The number of amides is 1. The number of nitrogens with zero attached hydrogens (tertiary/aromatic N) is 1. The molecule has 5 nitrogen and oxygen atoms in total. The first kappa shape index (κ1) is 16.5. The van der Waals surface area contributed by atoms with Crippen molar-refractivity contribution in [2.75, 3.05) is 5.32 Å². The number of carbonyl (C=O) groups excluding carboxylic acids is 1. The molecule has 0 aliphatic heterocycles. The van der Waals surface area contributed by atoms with Crippen LogP contribution in [0.5, 0.6) is 0 Å². The number of hydrogen-bond donors (Lipinski definition) is 1. The lowest BCUT2D eigenvalue weighted by Gasteiger charge is -2.13. The highest BCUT2D eigenvalue weighted by atomic mass is 32.2. The average molecular weight is 342 g/mol. The van der Waals surface area contributed by atoms with Crippen LogP contribution in [0, 0.1) is 10.1 Å². The van der Waals surface area contributed by atoms with Gasteiger partial charge in [-0.3, -0.25) is 14.9 Å². The van der Waals surface area contributed by atoms with Gasteiger partial charge in [-0.25, -0.2) is 0 Å². The summed E-state index contributed by atoms with van der Waals surface area (Å²) >= 11 is 1.47. The number of rotatable bonds is 5. The van der Waals surface area contributed by atoms with Gasteiger partial charge in [-0.15, -0.1) is 11.8 Å². The Bertz CT molecular complexity index is 792. The summed E-state index contributed by atoms with van der Waals surface area (Å²) in [5.41, 5.74) is 2.90. The van der Waals surface area contributed by atoms with E-state index in [0.29, 0.717) is 0 Å². The van der Waals surface area contributed by atoms with Crippen molar-refractivity contribution in [2.24, 2.45) is 0 Å². The molecule has 1 atom stereocenters. The largest absolute Gasteiger partial charge is 0.319 e. The van der Waals surface area contributed by atoms with Crippen molar-refractivity contribution in [3.8, 4) is 0 Å². The van der Waals surface area contributed by atoms with Crippen molar-refractivity contribution in [1.29, 1.82) is 0 Å². The Balaban J connectivity index is 1.68. The van der Waals surface area contributed by atoms with Gasteiger partial charge in [0.15, 0.2) is 0 Å². The molecule has 0 saturated heterocycles. The predicted octanol–water partition coefficient (Wildman–Crippen LogP) is 4.20. The van der Waals surface area contributed by atoms with Gasteiger partial charge < -0.3 is 5.32 Å². The molecule has 0 saturated carbocycles. The number of anilines is 1. The number of thioether (sulfide) groups is 1. The zero-order valence-corrected chi connectivity index (χ0v) is 14.1. The van der Waals surface area contributed by atoms with Crippen LogP contribution in [0.2, 0.25) is 0 Å². The van der Waals surface area contributed by atoms with Crippen LogP contribution in [0.1, 0.15) is 24.5 Å². The van der Waals surface area contributed by atoms with E-state index in [1.165, 1.54) is 35.4 Å². The fourth-order valence-corrected chi connectivity index (χ4v) is 3.78. The molecule has 0 spiro atoms. The minimum Gasteiger partial charge on any atom is -0.319 e. The molecule has 6 heteroatoms. The Morgan fingerprint density at radius 1 is 1.21 bits per heavy atom. The molecule has 2 aromatic carbocycles. The topological polar surface area (TPSA) is 72.2 Å². The van der Waals surface area contributed by atoms with E-state index >= 15 is 0 Å². The molecule has 1 aliphatic rings. The smallest absolute Gasteiger partial charge is 0.292 e. The van der Waals surface area contributed by atoms with Crippen LogP contribution < -0.4 is 5.32 Å². The maximum absolute atomic E-state index is 12.4. The van der Waals surface area contributed by atoms with Gasteiger partial charge in [0.05, 0.1) is 10.2 Å². The Morgan fingerprint density at radius 3 is 2.75 bits per heavy atom. The van der Waals surface area contributed by atoms with Crippen molar-refractivity contribution in [3.05, 3.63) is 63.7 Å². The third-order valence-corrected chi connectivity index (χ3v) is 5.20. The van der Waals surface area contributed by atoms with Gasteiger partial charge in [-0.05, 0) is 55.5 Å². The SMILES string of the molecule is C[C@H](Sc1ccc2c(c1)CCC2)C(=O)Nc1ccccc1[N+](=O)[O-]. The van der Waals surface area contributed by atoms with E-state index in [9.17, 15) is 14.9 Å². The molecule has 1 aliphatic carbocycles. The Morgan fingerprint density at radius 2 is 1.96 bits per heavy atom. The second-order valence-electron chi connectivity index (χ2n) is 5.81. The van der Waals surface area contributed by atoms with Gasteiger partial charge in [-0.2, -0.15) is 0 Å². The first-order valence-electron chi connectivity index (χ1n) is 7.87. The first-order chi connectivity index (χ1) is 11.5. The Kier molecular flexibility index (Phi) is 4.85. The van der Waals surface area contributed by atoms with E-state index in [2.05, 4.69) is 17.4 Å². The number of nitrogens with one attached hydrogen (secondary N) is 1. The maximum Gasteiger partial charge on any atom is 0.292 e. The lowest BCUT2D eigenvalue weighted by molar-refractivity contribution is -0.383. The maximum atomic E-state index is 12.4. The van der Waals surface area contributed by atoms with Crippen LogP contribution >= 0.6 is 11.8 Å².